The molecule has 240 valence electrons. The van der Waals surface area contributed by atoms with Crippen LogP contribution in [0.3, 0.4) is 0 Å². The van der Waals surface area contributed by atoms with E-state index in [9.17, 15) is 20.4 Å². The molecule has 0 N–H and O–H groups in total. The standard InChI is InChI=1S/4C10H14O.Ti/c4*1-10(2,3)8-5-4-6-9(11)7-8;/h4*4-7,11H,1-3H3;/q;;;;+4/p-4. The Morgan fingerprint density at radius 2 is 0.467 bits per heavy atom. The quantitative estimate of drug-likeness (QED) is 0.180. The molecular weight excluding hydrogens is 592 g/mol. The molecule has 4 nitrogen and oxygen atoms in total. The van der Waals surface area contributed by atoms with Crippen molar-refractivity contribution >= 4 is 0 Å². The minimum atomic E-state index is 0. The summed E-state index contributed by atoms with van der Waals surface area (Å²) in [5.41, 5.74) is 4.74. The number of rotatable bonds is 0. The van der Waals surface area contributed by atoms with Gasteiger partial charge in [0.2, 0.25) is 0 Å². The van der Waals surface area contributed by atoms with Gasteiger partial charge in [0.05, 0.1) is 0 Å². The smallest absolute Gasteiger partial charge is 0.872 e. The number of hydrogen-bond donors (Lipinski definition) is 0. The van der Waals surface area contributed by atoms with Crippen LogP contribution in [0.25, 0.3) is 0 Å². The van der Waals surface area contributed by atoms with Crippen LogP contribution in [0, 0.1) is 0 Å². The zero-order valence-electron chi connectivity index (χ0n) is 29.4. The Morgan fingerprint density at radius 3 is 0.556 bits per heavy atom. The van der Waals surface area contributed by atoms with E-state index in [-0.39, 0.29) is 66.4 Å². The van der Waals surface area contributed by atoms with E-state index < -0.39 is 0 Å². The fourth-order valence-electron chi connectivity index (χ4n) is 3.85. The maximum atomic E-state index is 10.9. The first-order chi connectivity index (χ1) is 20.0. The van der Waals surface area contributed by atoms with Crippen molar-refractivity contribution in [3.8, 4) is 23.0 Å². The summed E-state index contributed by atoms with van der Waals surface area (Å²) < 4.78 is 0. The van der Waals surface area contributed by atoms with Crippen LogP contribution in [0.5, 0.6) is 23.0 Å². The van der Waals surface area contributed by atoms with Gasteiger partial charge in [-0.25, -0.2) is 0 Å². The fourth-order valence-corrected chi connectivity index (χ4v) is 3.85. The van der Waals surface area contributed by atoms with E-state index in [1.165, 1.54) is 0 Å². The van der Waals surface area contributed by atoms with Gasteiger partial charge in [-0.1, -0.05) is 180 Å². The third kappa shape index (κ3) is 16.6. The van der Waals surface area contributed by atoms with E-state index in [0.717, 1.165) is 22.3 Å². The van der Waals surface area contributed by atoms with Crippen LogP contribution < -0.4 is 20.4 Å². The van der Waals surface area contributed by atoms with E-state index in [1.807, 2.05) is 48.5 Å². The Kier molecular flexibility index (Phi) is 16.2. The Morgan fingerprint density at radius 1 is 0.311 bits per heavy atom. The Labute approximate surface area is 288 Å². The minimum absolute atomic E-state index is 0. The van der Waals surface area contributed by atoms with Gasteiger partial charge in [-0.05, 0) is 43.9 Å². The van der Waals surface area contributed by atoms with E-state index >= 15 is 0 Å². The molecule has 0 spiro atoms. The van der Waals surface area contributed by atoms with Crippen LogP contribution in [-0.2, 0) is 43.4 Å². The van der Waals surface area contributed by atoms with Crippen molar-refractivity contribution in [2.75, 3.05) is 0 Å². The second kappa shape index (κ2) is 17.5. The molecule has 0 unspecified atom stereocenters. The largest absolute Gasteiger partial charge is 4.00 e. The van der Waals surface area contributed by atoms with Crippen LogP contribution in [0.4, 0.5) is 0 Å². The summed E-state index contributed by atoms with van der Waals surface area (Å²) in [6.45, 7) is 25.2. The monoisotopic (exact) mass is 644 g/mol. The first kappa shape index (κ1) is 41.8. The summed E-state index contributed by atoms with van der Waals surface area (Å²) in [5.74, 6) is 0.379. The molecule has 4 aromatic carbocycles. The second-order valence-corrected chi connectivity index (χ2v) is 15.1. The van der Waals surface area contributed by atoms with Crippen molar-refractivity contribution in [3.63, 3.8) is 0 Å². The van der Waals surface area contributed by atoms with Crippen LogP contribution in [0.15, 0.2) is 97.1 Å². The van der Waals surface area contributed by atoms with Gasteiger partial charge >= 0.3 is 21.7 Å². The molecule has 45 heavy (non-hydrogen) atoms. The van der Waals surface area contributed by atoms with Gasteiger partial charge in [-0.15, -0.1) is 23.0 Å². The predicted molar refractivity (Wildman–Crippen MR) is 178 cm³/mol. The van der Waals surface area contributed by atoms with Crippen molar-refractivity contribution in [2.24, 2.45) is 0 Å². The van der Waals surface area contributed by atoms with Crippen molar-refractivity contribution in [1.82, 2.24) is 0 Å². The molecule has 0 aliphatic rings. The molecule has 0 heterocycles. The summed E-state index contributed by atoms with van der Waals surface area (Å²) >= 11 is 0. The van der Waals surface area contributed by atoms with E-state index in [4.69, 9.17) is 0 Å². The van der Waals surface area contributed by atoms with Crippen molar-refractivity contribution in [2.45, 2.75) is 105 Å². The molecule has 4 aromatic rings. The first-order valence-corrected chi connectivity index (χ1v) is 15.1. The molecule has 0 atom stereocenters. The average Bonchev–Trinajstić information content (AvgIpc) is 2.88. The Balaban J connectivity index is 0.000000569. The van der Waals surface area contributed by atoms with Gasteiger partial charge in [0.15, 0.2) is 0 Å². The zero-order valence-corrected chi connectivity index (χ0v) is 30.9. The molecule has 0 aromatic heterocycles. The molecule has 0 aliphatic carbocycles. The summed E-state index contributed by atoms with van der Waals surface area (Å²) in [6, 6.07) is 28.3. The van der Waals surface area contributed by atoms with Gasteiger partial charge < -0.3 is 20.4 Å². The predicted octanol–water partition coefficient (Wildman–Crippen LogP) is 8.23. The van der Waals surface area contributed by atoms with Crippen LogP contribution in [0.2, 0.25) is 0 Å². The van der Waals surface area contributed by atoms with Gasteiger partial charge in [-0.3, -0.25) is 0 Å². The third-order valence-corrected chi connectivity index (χ3v) is 6.80. The van der Waals surface area contributed by atoms with Crippen LogP contribution in [0.1, 0.15) is 105 Å². The first-order valence-electron chi connectivity index (χ1n) is 15.1. The van der Waals surface area contributed by atoms with Gasteiger partial charge in [0.25, 0.3) is 0 Å². The van der Waals surface area contributed by atoms with E-state index in [1.54, 1.807) is 48.5 Å². The van der Waals surface area contributed by atoms with Crippen molar-refractivity contribution in [3.05, 3.63) is 119 Å². The van der Waals surface area contributed by atoms with E-state index in [2.05, 4.69) is 83.1 Å². The Hall–Kier alpha value is -3.21. The average molecular weight is 645 g/mol. The summed E-state index contributed by atoms with van der Waals surface area (Å²) in [7, 11) is 0. The van der Waals surface area contributed by atoms with Crippen LogP contribution >= 0.6 is 0 Å². The van der Waals surface area contributed by atoms with Crippen LogP contribution in [-0.4, -0.2) is 0 Å². The maximum Gasteiger partial charge on any atom is 4.00 e. The maximum absolute atomic E-state index is 10.9. The molecule has 0 fully saturated rings. The van der Waals surface area contributed by atoms with Gasteiger partial charge in [-0.2, -0.15) is 0 Å². The third-order valence-electron chi connectivity index (χ3n) is 6.80. The molecule has 0 saturated carbocycles. The Bertz CT molecular complexity index is 1210. The molecule has 0 saturated heterocycles. The van der Waals surface area contributed by atoms with Gasteiger partial charge in [0.1, 0.15) is 0 Å². The van der Waals surface area contributed by atoms with Crippen molar-refractivity contribution < 1.29 is 42.1 Å². The van der Waals surface area contributed by atoms with Crippen molar-refractivity contribution in [1.29, 1.82) is 0 Å². The summed E-state index contributed by atoms with van der Waals surface area (Å²) in [4.78, 5) is 0. The fraction of sp³-hybridized carbons (Fsp3) is 0.400. The van der Waals surface area contributed by atoms with Gasteiger partial charge in [0, 0.05) is 0 Å². The zero-order chi connectivity index (χ0) is 33.9. The SMILES string of the molecule is CC(C)(C)c1cccc([O-])c1.CC(C)(C)c1cccc([O-])c1.CC(C)(C)c1cccc([O-])c1.CC(C)(C)c1cccc([O-])c1.[Ti+4]. The minimum Gasteiger partial charge on any atom is -0.872 e. The molecule has 0 bridgehead atoms. The molecule has 4 rings (SSSR count). The number of hydrogen-bond acceptors (Lipinski definition) is 4. The van der Waals surface area contributed by atoms with E-state index in [0.29, 0.717) is 0 Å². The molecule has 0 aliphatic heterocycles. The normalized spacial score (nSPS) is 11.3. The summed E-state index contributed by atoms with van der Waals surface area (Å²) in [5, 5.41) is 43.7. The molecule has 0 amide bonds. The summed E-state index contributed by atoms with van der Waals surface area (Å²) in [6.07, 6.45) is 0. The molecule has 0 radical (unpaired) electrons. The number of benzene rings is 4. The molecule has 5 heteroatoms. The molecular formula is C40H52O4Ti. The topological polar surface area (TPSA) is 92.2 Å². The second-order valence-electron chi connectivity index (χ2n) is 15.1.